The second-order valence-corrected chi connectivity index (χ2v) is 5.61. The van der Waals surface area contributed by atoms with Gasteiger partial charge in [-0.3, -0.25) is 14.2 Å². The third-order valence-corrected chi connectivity index (χ3v) is 4.59. The van der Waals surface area contributed by atoms with Crippen molar-refractivity contribution in [2.24, 2.45) is 0 Å². The highest BCUT2D eigenvalue weighted by atomic mass is 31.2. The Bertz CT molecular complexity index is 300. The third kappa shape index (κ3) is 3.14. The standard InChI is InChI=1S/C9H15O6P/c1-3-13-16(12,14-4-2)7-5-8(10)15-9(11)6-7/h7H,3-6H2,1-2H3. The maximum atomic E-state index is 12.3. The second kappa shape index (κ2) is 5.57. The van der Waals surface area contributed by atoms with Crippen molar-refractivity contribution in [3.63, 3.8) is 0 Å². The molecule has 0 N–H and O–H groups in total. The Morgan fingerprint density at radius 2 is 1.62 bits per heavy atom. The summed E-state index contributed by atoms with van der Waals surface area (Å²) in [5.74, 6) is -1.36. The molecule has 7 heteroatoms. The van der Waals surface area contributed by atoms with E-state index in [2.05, 4.69) is 4.74 Å². The lowest BCUT2D eigenvalue weighted by Gasteiger charge is -2.27. The van der Waals surface area contributed by atoms with Gasteiger partial charge < -0.3 is 13.8 Å². The van der Waals surface area contributed by atoms with Gasteiger partial charge in [-0.15, -0.1) is 0 Å². The van der Waals surface area contributed by atoms with Crippen LogP contribution in [0.2, 0.25) is 0 Å². The number of rotatable bonds is 5. The first-order valence-electron chi connectivity index (χ1n) is 5.14. The van der Waals surface area contributed by atoms with Gasteiger partial charge in [0.2, 0.25) is 0 Å². The van der Waals surface area contributed by atoms with E-state index >= 15 is 0 Å². The SMILES string of the molecule is CCOP(=O)(OCC)C1CC(=O)OC(=O)C1. The van der Waals surface area contributed by atoms with Gasteiger partial charge in [-0.2, -0.15) is 0 Å². The van der Waals surface area contributed by atoms with Crippen LogP contribution in [-0.2, 0) is 27.9 Å². The molecule has 0 amide bonds. The molecular formula is C9H15O6P. The summed E-state index contributed by atoms with van der Waals surface area (Å²) in [6.45, 7) is 3.76. The van der Waals surface area contributed by atoms with Crippen LogP contribution in [-0.4, -0.2) is 30.8 Å². The molecule has 1 fully saturated rings. The normalized spacial score (nSPS) is 18.6. The number of hydrogen-bond acceptors (Lipinski definition) is 6. The van der Waals surface area contributed by atoms with Gasteiger partial charge in [0.05, 0.1) is 31.7 Å². The molecule has 0 aliphatic carbocycles. The molecule has 0 saturated carbocycles. The summed E-state index contributed by atoms with van der Waals surface area (Å²) in [5.41, 5.74) is -0.721. The van der Waals surface area contributed by atoms with Crippen LogP contribution in [0, 0.1) is 0 Å². The largest absolute Gasteiger partial charge is 0.393 e. The first kappa shape index (κ1) is 13.4. The summed E-state index contributed by atoms with van der Waals surface area (Å²) in [6.07, 6.45) is -0.216. The maximum Gasteiger partial charge on any atom is 0.334 e. The Morgan fingerprint density at radius 3 is 2.00 bits per heavy atom. The average molecular weight is 250 g/mol. The fourth-order valence-electron chi connectivity index (χ4n) is 1.50. The van der Waals surface area contributed by atoms with Crippen LogP contribution in [0.5, 0.6) is 0 Å². The van der Waals surface area contributed by atoms with Crippen LogP contribution in [0.15, 0.2) is 0 Å². The second-order valence-electron chi connectivity index (χ2n) is 3.28. The summed E-state index contributed by atoms with van der Waals surface area (Å²) < 4.78 is 26.8. The van der Waals surface area contributed by atoms with Crippen LogP contribution in [0.1, 0.15) is 26.7 Å². The van der Waals surface area contributed by atoms with E-state index in [1.807, 2.05) is 0 Å². The summed E-state index contributed by atoms with van der Waals surface area (Å²) in [5, 5.41) is 0. The molecule has 0 atom stereocenters. The fourth-order valence-corrected chi connectivity index (χ4v) is 3.46. The first-order valence-corrected chi connectivity index (χ1v) is 6.75. The average Bonchev–Trinajstić information content (AvgIpc) is 2.16. The van der Waals surface area contributed by atoms with Crippen molar-refractivity contribution in [1.29, 1.82) is 0 Å². The lowest BCUT2D eigenvalue weighted by Crippen LogP contribution is -2.30. The van der Waals surface area contributed by atoms with E-state index in [1.165, 1.54) is 0 Å². The van der Waals surface area contributed by atoms with Crippen molar-refractivity contribution in [3.8, 4) is 0 Å². The van der Waals surface area contributed by atoms with Crippen molar-refractivity contribution in [3.05, 3.63) is 0 Å². The smallest absolute Gasteiger partial charge is 0.334 e. The number of esters is 2. The van der Waals surface area contributed by atoms with Gasteiger partial charge in [-0.05, 0) is 13.8 Å². The van der Waals surface area contributed by atoms with E-state index in [0.29, 0.717) is 0 Å². The highest BCUT2D eigenvalue weighted by Crippen LogP contribution is 2.56. The summed E-state index contributed by atoms with van der Waals surface area (Å²) in [6, 6.07) is 0. The first-order chi connectivity index (χ1) is 7.51. The van der Waals surface area contributed by atoms with Crippen LogP contribution in [0.25, 0.3) is 0 Å². The van der Waals surface area contributed by atoms with Crippen LogP contribution in [0.4, 0.5) is 0 Å². The van der Waals surface area contributed by atoms with Crippen molar-refractivity contribution >= 4 is 19.5 Å². The zero-order valence-electron chi connectivity index (χ0n) is 9.30. The van der Waals surface area contributed by atoms with Crippen molar-refractivity contribution in [2.75, 3.05) is 13.2 Å². The molecule has 1 aliphatic rings. The molecule has 1 rings (SSSR count). The highest BCUT2D eigenvalue weighted by molar-refractivity contribution is 7.54. The molecule has 0 aromatic carbocycles. The van der Waals surface area contributed by atoms with E-state index in [9.17, 15) is 14.2 Å². The molecule has 1 saturated heterocycles. The van der Waals surface area contributed by atoms with E-state index < -0.39 is 25.2 Å². The molecule has 0 aromatic heterocycles. The van der Waals surface area contributed by atoms with E-state index in [-0.39, 0.29) is 26.1 Å². The molecule has 1 aliphatic heterocycles. The van der Waals surface area contributed by atoms with Gasteiger partial charge in [0.1, 0.15) is 0 Å². The van der Waals surface area contributed by atoms with Crippen molar-refractivity contribution in [1.82, 2.24) is 0 Å². The number of hydrogen-bond donors (Lipinski definition) is 0. The lowest BCUT2D eigenvalue weighted by molar-refractivity contribution is -0.163. The minimum atomic E-state index is -3.39. The van der Waals surface area contributed by atoms with Gasteiger partial charge >= 0.3 is 19.5 Å². The fraction of sp³-hybridized carbons (Fsp3) is 0.778. The van der Waals surface area contributed by atoms with Gasteiger partial charge in [0.25, 0.3) is 0 Å². The minimum Gasteiger partial charge on any atom is -0.393 e. The molecule has 0 aromatic rings. The molecule has 6 nitrogen and oxygen atoms in total. The molecular weight excluding hydrogens is 235 g/mol. The maximum absolute atomic E-state index is 12.3. The topological polar surface area (TPSA) is 78.9 Å². The summed E-state index contributed by atoms with van der Waals surface area (Å²) >= 11 is 0. The summed E-state index contributed by atoms with van der Waals surface area (Å²) in [7, 11) is -3.39. The number of carbonyl (C=O) groups excluding carboxylic acids is 2. The highest BCUT2D eigenvalue weighted by Gasteiger charge is 2.42. The van der Waals surface area contributed by atoms with Gasteiger partial charge in [0, 0.05) is 0 Å². The molecule has 1 heterocycles. The molecule has 0 unspecified atom stereocenters. The Labute approximate surface area is 93.8 Å². The predicted octanol–water partition coefficient (Wildman–Crippen LogP) is 1.48. The van der Waals surface area contributed by atoms with Gasteiger partial charge in [-0.1, -0.05) is 0 Å². The number of cyclic esters (lactones) is 2. The minimum absolute atomic E-state index is 0.108. The van der Waals surface area contributed by atoms with Crippen LogP contribution >= 0.6 is 7.60 Å². The Morgan fingerprint density at radius 1 is 1.19 bits per heavy atom. The van der Waals surface area contributed by atoms with Crippen molar-refractivity contribution in [2.45, 2.75) is 32.3 Å². The third-order valence-electron chi connectivity index (χ3n) is 2.10. The van der Waals surface area contributed by atoms with E-state index in [1.54, 1.807) is 13.8 Å². The van der Waals surface area contributed by atoms with Crippen LogP contribution < -0.4 is 0 Å². The van der Waals surface area contributed by atoms with E-state index in [4.69, 9.17) is 9.05 Å². The summed E-state index contributed by atoms with van der Waals surface area (Å²) in [4.78, 5) is 22.1. The lowest BCUT2D eigenvalue weighted by atomic mass is 10.2. The Balaban J connectivity index is 2.81. The predicted molar refractivity (Wildman–Crippen MR) is 55.0 cm³/mol. The molecule has 92 valence electrons. The van der Waals surface area contributed by atoms with Crippen molar-refractivity contribution < 1.29 is 27.9 Å². The Hall–Kier alpha value is -0.710. The van der Waals surface area contributed by atoms with Gasteiger partial charge in [-0.25, -0.2) is 0 Å². The van der Waals surface area contributed by atoms with Gasteiger partial charge in [0.15, 0.2) is 0 Å². The molecule has 16 heavy (non-hydrogen) atoms. The monoisotopic (exact) mass is 250 g/mol. The quantitative estimate of drug-likeness (QED) is 0.418. The molecule has 0 radical (unpaired) electrons. The molecule has 0 spiro atoms. The molecule has 0 bridgehead atoms. The van der Waals surface area contributed by atoms with Crippen LogP contribution in [0.3, 0.4) is 0 Å². The van der Waals surface area contributed by atoms with E-state index in [0.717, 1.165) is 0 Å². The Kier molecular flexibility index (Phi) is 4.65. The number of ether oxygens (including phenoxy) is 1. The zero-order valence-corrected chi connectivity index (χ0v) is 10.2. The number of carbonyl (C=O) groups is 2. The zero-order chi connectivity index (χ0) is 12.2.